The summed E-state index contributed by atoms with van der Waals surface area (Å²) in [6.07, 6.45) is 4.52. The van der Waals surface area contributed by atoms with E-state index in [1.165, 1.54) is 4.57 Å². The molecule has 0 aliphatic heterocycles. The summed E-state index contributed by atoms with van der Waals surface area (Å²) in [5, 5.41) is 10.6. The molecule has 0 atom stereocenters. The summed E-state index contributed by atoms with van der Waals surface area (Å²) in [5.41, 5.74) is 1.45. The number of aliphatic hydroxyl groups is 1. The van der Waals surface area contributed by atoms with Crippen molar-refractivity contribution in [2.75, 3.05) is 13.2 Å². The molecule has 6 nitrogen and oxygen atoms in total. The Labute approximate surface area is 187 Å². The van der Waals surface area contributed by atoms with Gasteiger partial charge in [-0.2, -0.15) is 0 Å². The third-order valence-electron chi connectivity index (χ3n) is 4.64. The molecule has 1 heterocycles. The standard InChI is InChI=1S/C24H27ClN2O4/c1-4-18-15-20(9-10-21(18)31-16-24(2,3)29)27-13-12-26-22(23(27)28)30-14-11-17-5-7-19(25)8-6-17/h5-10,12-13,15,29H,4,11,14,16H2,1-3H3. The zero-order chi connectivity index (χ0) is 22.4. The Morgan fingerprint density at radius 1 is 1.13 bits per heavy atom. The van der Waals surface area contributed by atoms with E-state index in [1.54, 1.807) is 32.3 Å². The Hall–Kier alpha value is -2.83. The van der Waals surface area contributed by atoms with Gasteiger partial charge < -0.3 is 14.6 Å². The number of hydrogen-bond donors (Lipinski definition) is 1. The van der Waals surface area contributed by atoms with Crippen LogP contribution in [0.3, 0.4) is 0 Å². The highest BCUT2D eigenvalue weighted by Crippen LogP contribution is 2.23. The van der Waals surface area contributed by atoms with Crippen molar-refractivity contribution in [3.8, 4) is 17.3 Å². The topological polar surface area (TPSA) is 73.6 Å². The first kappa shape index (κ1) is 22.8. The summed E-state index contributed by atoms with van der Waals surface area (Å²) in [6.45, 7) is 5.91. The fraction of sp³-hybridized carbons (Fsp3) is 0.333. The van der Waals surface area contributed by atoms with Crippen LogP contribution in [0.15, 0.2) is 59.7 Å². The molecule has 164 valence electrons. The SMILES string of the molecule is CCc1cc(-n2ccnc(OCCc3ccc(Cl)cc3)c2=O)ccc1OCC(C)(C)O. The monoisotopic (exact) mass is 442 g/mol. The first-order valence-electron chi connectivity index (χ1n) is 10.2. The molecule has 0 unspecified atom stereocenters. The van der Waals surface area contributed by atoms with Crippen molar-refractivity contribution < 1.29 is 14.6 Å². The van der Waals surface area contributed by atoms with E-state index in [0.717, 1.165) is 17.5 Å². The fourth-order valence-corrected chi connectivity index (χ4v) is 3.13. The number of benzene rings is 2. The van der Waals surface area contributed by atoms with E-state index in [9.17, 15) is 9.90 Å². The van der Waals surface area contributed by atoms with Crippen molar-refractivity contribution in [1.82, 2.24) is 9.55 Å². The van der Waals surface area contributed by atoms with Crippen LogP contribution in [-0.4, -0.2) is 33.5 Å². The zero-order valence-corrected chi connectivity index (χ0v) is 18.7. The Bertz CT molecular complexity index is 1070. The van der Waals surface area contributed by atoms with Gasteiger partial charge in [-0.05, 0) is 61.7 Å². The van der Waals surface area contributed by atoms with Crippen LogP contribution in [0.4, 0.5) is 0 Å². The quantitative estimate of drug-likeness (QED) is 0.537. The predicted octanol–water partition coefficient (Wildman–Crippen LogP) is 4.22. The van der Waals surface area contributed by atoms with Crippen LogP contribution in [0.2, 0.25) is 5.02 Å². The van der Waals surface area contributed by atoms with Gasteiger partial charge in [-0.1, -0.05) is 30.7 Å². The van der Waals surface area contributed by atoms with Gasteiger partial charge in [0.15, 0.2) is 0 Å². The van der Waals surface area contributed by atoms with E-state index in [1.807, 2.05) is 43.3 Å². The number of ether oxygens (including phenoxy) is 2. The van der Waals surface area contributed by atoms with E-state index < -0.39 is 5.60 Å². The minimum absolute atomic E-state index is 0.0527. The number of aromatic nitrogens is 2. The number of halogens is 1. The second kappa shape index (κ2) is 9.98. The lowest BCUT2D eigenvalue weighted by atomic mass is 10.1. The van der Waals surface area contributed by atoms with E-state index in [-0.39, 0.29) is 18.0 Å². The molecular weight excluding hydrogens is 416 g/mol. The Morgan fingerprint density at radius 3 is 2.55 bits per heavy atom. The van der Waals surface area contributed by atoms with Crippen molar-refractivity contribution in [3.63, 3.8) is 0 Å². The maximum atomic E-state index is 12.9. The minimum atomic E-state index is -0.927. The van der Waals surface area contributed by atoms with Crippen LogP contribution in [0, 0.1) is 0 Å². The van der Waals surface area contributed by atoms with Gasteiger partial charge in [0.25, 0.3) is 5.88 Å². The molecule has 0 radical (unpaired) electrons. The van der Waals surface area contributed by atoms with E-state index >= 15 is 0 Å². The van der Waals surface area contributed by atoms with Gasteiger partial charge in [0, 0.05) is 29.5 Å². The van der Waals surface area contributed by atoms with Crippen molar-refractivity contribution in [1.29, 1.82) is 0 Å². The number of nitrogens with zero attached hydrogens (tertiary/aromatic N) is 2. The van der Waals surface area contributed by atoms with Crippen LogP contribution in [0.5, 0.6) is 11.6 Å². The highest BCUT2D eigenvalue weighted by molar-refractivity contribution is 6.30. The van der Waals surface area contributed by atoms with Crippen molar-refractivity contribution in [3.05, 3.63) is 81.4 Å². The summed E-state index contributed by atoms with van der Waals surface area (Å²) < 4.78 is 12.9. The summed E-state index contributed by atoms with van der Waals surface area (Å²) in [4.78, 5) is 17.0. The van der Waals surface area contributed by atoms with Crippen molar-refractivity contribution in [2.24, 2.45) is 0 Å². The maximum Gasteiger partial charge on any atom is 0.317 e. The van der Waals surface area contributed by atoms with Gasteiger partial charge in [-0.25, -0.2) is 4.98 Å². The van der Waals surface area contributed by atoms with Gasteiger partial charge in [-0.3, -0.25) is 9.36 Å². The average molecular weight is 443 g/mol. The normalized spacial score (nSPS) is 11.4. The number of aryl methyl sites for hydroxylation is 1. The molecule has 1 N–H and O–H groups in total. The molecular formula is C24H27ClN2O4. The zero-order valence-electron chi connectivity index (χ0n) is 18.0. The van der Waals surface area contributed by atoms with Crippen LogP contribution < -0.4 is 15.0 Å². The molecule has 0 spiro atoms. The van der Waals surface area contributed by atoms with E-state index in [4.69, 9.17) is 21.1 Å². The second-order valence-electron chi connectivity index (χ2n) is 7.88. The first-order valence-corrected chi connectivity index (χ1v) is 10.6. The molecule has 0 fully saturated rings. The molecule has 0 aliphatic rings. The molecule has 1 aromatic heterocycles. The Balaban J connectivity index is 1.75. The van der Waals surface area contributed by atoms with Gasteiger partial charge >= 0.3 is 5.56 Å². The summed E-state index contributed by atoms with van der Waals surface area (Å²) in [5.74, 6) is 0.742. The molecule has 0 amide bonds. The van der Waals surface area contributed by atoms with Gasteiger partial charge in [-0.15, -0.1) is 0 Å². The van der Waals surface area contributed by atoms with Crippen LogP contribution in [-0.2, 0) is 12.8 Å². The highest BCUT2D eigenvalue weighted by atomic mass is 35.5. The Morgan fingerprint density at radius 2 is 1.87 bits per heavy atom. The van der Waals surface area contributed by atoms with E-state index in [0.29, 0.717) is 29.5 Å². The van der Waals surface area contributed by atoms with Gasteiger partial charge in [0.05, 0.1) is 12.2 Å². The molecule has 0 bridgehead atoms. The average Bonchev–Trinajstić information content (AvgIpc) is 2.74. The van der Waals surface area contributed by atoms with E-state index in [2.05, 4.69) is 4.98 Å². The molecule has 31 heavy (non-hydrogen) atoms. The molecule has 2 aromatic carbocycles. The number of hydrogen-bond acceptors (Lipinski definition) is 5. The molecule has 0 aliphatic carbocycles. The Kier molecular flexibility index (Phi) is 7.36. The number of rotatable bonds is 9. The molecule has 7 heteroatoms. The lowest BCUT2D eigenvalue weighted by molar-refractivity contribution is 0.0282. The van der Waals surface area contributed by atoms with Crippen molar-refractivity contribution >= 4 is 11.6 Å². The minimum Gasteiger partial charge on any atom is -0.490 e. The summed E-state index contributed by atoms with van der Waals surface area (Å²) in [7, 11) is 0. The van der Waals surface area contributed by atoms with Gasteiger partial charge in [0.2, 0.25) is 0 Å². The van der Waals surface area contributed by atoms with Crippen LogP contribution in [0.25, 0.3) is 5.69 Å². The second-order valence-corrected chi connectivity index (χ2v) is 8.32. The largest absolute Gasteiger partial charge is 0.490 e. The molecule has 0 saturated carbocycles. The molecule has 0 saturated heterocycles. The molecule has 3 aromatic rings. The third kappa shape index (κ3) is 6.32. The fourth-order valence-electron chi connectivity index (χ4n) is 3.00. The van der Waals surface area contributed by atoms with Gasteiger partial charge in [0.1, 0.15) is 12.4 Å². The summed E-state index contributed by atoms with van der Waals surface area (Å²) >= 11 is 5.90. The predicted molar refractivity (Wildman–Crippen MR) is 122 cm³/mol. The molecule has 3 rings (SSSR count). The van der Waals surface area contributed by atoms with Crippen LogP contribution >= 0.6 is 11.6 Å². The lowest BCUT2D eigenvalue weighted by Crippen LogP contribution is -2.28. The summed E-state index contributed by atoms with van der Waals surface area (Å²) in [6, 6.07) is 13.0. The smallest absolute Gasteiger partial charge is 0.317 e. The van der Waals surface area contributed by atoms with Crippen molar-refractivity contribution in [2.45, 2.75) is 39.2 Å². The highest BCUT2D eigenvalue weighted by Gasteiger charge is 2.15. The van der Waals surface area contributed by atoms with Crippen LogP contribution in [0.1, 0.15) is 31.9 Å². The maximum absolute atomic E-state index is 12.9. The third-order valence-corrected chi connectivity index (χ3v) is 4.89. The first-order chi connectivity index (χ1) is 14.8. The lowest BCUT2D eigenvalue weighted by Gasteiger charge is -2.20.